The molecular weight excluding hydrogens is 302 g/mol. The largest absolute Gasteiger partial charge is 1.00 e. The Kier molecular flexibility index (Phi) is 14.6. The number of nitrogens with zero attached hydrogens (tertiary/aromatic N) is 1. The van der Waals surface area contributed by atoms with Gasteiger partial charge in [0.25, 0.3) is 0 Å². The van der Waals surface area contributed by atoms with Gasteiger partial charge in [0, 0.05) is 18.1 Å². The van der Waals surface area contributed by atoms with Gasteiger partial charge in [0.05, 0.1) is 0 Å². The second-order valence-electron chi connectivity index (χ2n) is 6.94. The predicted molar refractivity (Wildman–Crippen MR) is 97.2 cm³/mol. The maximum absolute atomic E-state index is 2.35. The minimum absolute atomic E-state index is 0. The average Bonchev–Trinajstić information content (AvgIpc) is 2.52. The lowest BCUT2D eigenvalue weighted by Crippen LogP contribution is -3.00. The van der Waals surface area contributed by atoms with Gasteiger partial charge < -0.3 is 12.4 Å². The second-order valence-corrected chi connectivity index (χ2v) is 6.94. The molecule has 1 rings (SSSR count). The zero-order chi connectivity index (χ0) is 16.0. The third kappa shape index (κ3) is 11.6. The molecule has 2 heteroatoms. The van der Waals surface area contributed by atoms with Crippen LogP contribution >= 0.6 is 0 Å². The molecule has 0 saturated carbocycles. The number of rotatable bonds is 13. The molecule has 1 heterocycles. The van der Waals surface area contributed by atoms with Gasteiger partial charge in [-0.3, -0.25) is 0 Å². The standard InChI is InChI=1S/C21H38N.ClH/c1-4-5-6-7-8-9-10-11-12-13-14-15-17-22-18-16-20(2)21(3)19-22;/h16,18-19H,4-15,17H2,1-3H3;1H/q+1;/p-1. The van der Waals surface area contributed by atoms with Gasteiger partial charge in [-0.25, -0.2) is 4.57 Å². The van der Waals surface area contributed by atoms with E-state index in [-0.39, 0.29) is 12.4 Å². The highest BCUT2D eigenvalue weighted by Gasteiger charge is 2.02. The molecule has 0 fully saturated rings. The van der Waals surface area contributed by atoms with Crippen LogP contribution < -0.4 is 17.0 Å². The van der Waals surface area contributed by atoms with Crippen molar-refractivity contribution >= 4 is 0 Å². The van der Waals surface area contributed by atoms with E-state index in [1.165, 1.54) is 94.7 Å². The maximum Gasteiger partial charge on any atom is 0.171 e. The molecule has 0 aliphatic rings. The van der Waals surface area contributed by atoms with Crippen LogP contribution in [0, 0.1) is 13.8 Å². The van der Waals surface area contributed by atoms with Crippen molar-refractivity contribution in [1.82, 2.24) is 0 Å². The van der Waals surface area contributed by atoms with E-state index in [0.29, 0.717) is 0 Å². The maximum atomic E-state index is 2.35. The van der Waals surface area contributed by atoms with Crippen molar-refractivity contribution in [1.29, 1.82) is 0 Å². The first-order valence-corrected chi connectivity index (χ1v) is 9.70. The molecule has 0 N–H and O–H groups in total. The molecule has 0 amide bonds. The Morgan fingerprint density at radius 1 is 0.696 bits per heavy atom. The summed E-state index contributed by atoms with van der Waals surface area (Å²) in [5.41, 5.74) is 2.80. The van der Waals surface area contributed by atoms with Crippen molar-refractivity contribution in [3.05, 3.63) is 29.6 Å². The Balaban J connectivity index is 0.00000484. The topological polar surface area (TPSA) is 3.88 Å². The lowest BCUT2D eigenvalue weighted by Gasteiger charge is -2.03. The van der Waals surface area contributed by atoms with Crippen LogP contribution in [0.25, 0.3) is 0 Å². The van der Waals surface area contributed by atoms with E-state index in [1.54, 1.807) is 0 Å². The van der Waals surface area contributed by atoms with Crippen molar-refractivity contribution in [2.45, 2.75) is 104 Å². The molecule has 0 aromatic carbocycles. The molecule has 0 bridgehead atoms. The van der Waals surface area contributed by atoms with Crippen LogP contribution in [-0.4, -0.2) is 0 Å². The summed E-state index contributed by atoms with van der Waals surface area (Å²) < 4.78 is 2.35. The van der Waals surface area contributed by atoms with Gasteiger partial charge in [-0.05, 0) is 25.8 Å². The molecule has 1 aromatic heterocycles. The number of aromatic nitrogens is 1. The smallest absolute Gasteiger partial charge is 0.171 e. The summed E-state index contributed by atoms with van der Waals surface area (Å²) in [5, 5.41) is 0. The highest BCUT2D eigenvalue weighted by atomic mass is 35.5. The van der Waals surface area contributed by atoms with Gasteiger partial charge >= 0.3 is 0 Å². The Labute approximate surface area is 151 Å². The lowest BCUT2D eigenvalue weighted by molar-refractivity contribution is -0.697. The quantitative estimate of drug-likeness (QED) is 0.383. The van der Waals surface area contributed by atoms with Crippen LogP contribution in [0.15, 0.2) is 18.5 Å². The van der Waals surface area contributed by atoms with Crippen molar-refractivity contribution in [2.75, 3.05) is 0 Å². The fraction of sp³-hybridized carbons (Fsp3) is 0.762. The molecule has 23 heavy (non-hydrogen) atoms. The van der Waals surface area contributed by atoms with Gasteiger partial charge in [0.2, 0.25) is 0 Å². The van der Waals surface area contributed by atoms with Gasteiger partial charge in [-0.15, -0.1) is 0 Å². The third-order valence-corrected chi connectivity index (χ3v) is 4.77. The monoisotopic (exact) mass is 339 g/mol. The van der Waals surface area contributed by atoms with E-state index < -0.39 is 0 Å². The zero-order valence-electron chi connectivity index (χ0n) is 15.7. The summed E-state index contributed by atoms with van der Waals surface area (Å²) in [5.74, 6) is 0. The Hall–Kier alpha value is -0.560. The van der Waals surface area contributed by atoms with Gasteiger partial charge in [0.15, 0.2) is 12.4 Å². The minimum Gasteiger partial charge on any atom is -1.00 e. The van der Waals surface area contributed by atoms with Crippen LogP contribution in [0.3, 0.4) is 0 Å². The summed E-state index contributed by atoms with van der Waals surface area (Å²) in [4.78, 5) is 0. The number of pyridine rings is 1. The summed E-state index contributed by atoms with van der Waals surface area (Å²) in [6.07, 6.45) is 21.6. The minimum atomic E-state index is 0. The predicted octanol–water partition coefficient (Wildman–Crippen LogP) is 3.30. The van der Waals surface area contributed by atoms with Crippen molar-refractivity contribution in [3.8, 4) is 0 Å². The Morgan fingerprint density at radius 2 is 1.17 bits per heavy atom. The Bertz CT molecular complexity index is 389. The summed E-state index contributed by atoms with van der Waals surface area (Å²) in [6.45, 7) is 7.86. The molecule has 0 aliphatic carbocycles. The van der Waals surface area contributed by atoms with E-state index in [9.17, 15) is 0 Å². The van der Waals surface area contributed by atoms with Gasteiger partial charge in [-0.1, -0.05) is 71.1 Å². The fourth-order valence-corrected chi connectivity index (χ4v) is 3.01. The molecule has 0 atom stereocenters. The number of halogens is 1. The zero-order valence-corrected chi connectivity index (χ0v) is 16.5. The molecule has 0 spiro atoms. The van der Waals surface area contributed by atoms with Gasteiger partial charge in [0.1, 0.15) is 6.54 Å². The van der Waals surface area contributed by atoms with Crippen LogP contribution in [0.1, 0.15) is 95.1 Å². The van der Waals surface area contributed by atoms with Crippen LogP contribution in [0.4, 0.5) is 0 Å². The van der Waals surface area contributed by atoms with Gasteiger partial charge in [-0.2, -0.15) is 0 Å². The van der Waals surface area contributed by atoms with Crippen LogP contribution in [0.2, 0.25) is 0 Å². The lowest BCUT2D eigenvalue weighted by atomic mass is 10.1. The van der Waals surface area contributed by atoms with Crippen LogP contribution in [0.5, 0.6) is 0 Å². The van der Waals surface area contributed by atoms with Crippen molar-refractivity contribution in [2.24, 2.45) is 0 Å². The highest BCUT2D eigenvalue weighted by molar-refractivity contribution is 5.16. The van der Waals surface area contributed by atoms with E-state index in [2.05, 4.69) is 43.8 Å². The molecule has 0 radical (unpaired) electrons. The second kappa shape index (κ2) is 15.0. The highest BCUT2D eigenvalue weighted by Crippen LogP contribution is 2.12. The molecule has 1 nitrogen and oxygen atoms in total. The number of hydrogen-bond donors (Lipinski definition) is 0. The average molecular weight is 340 g/mol. The first-order chi connectivity index (χ1) is 10.7. The normalized spacial score (nSPS) is 10.6. The number of hydrogen-bond acceptors (Lipinski definition) is 0. The number of aryl methyl sites for hydroxylation is 3. The first kappa shape index (κ1) is 22.4. The van der Waals surface area contributed by atoms with E-state index in [4.69, 9.17) is 0 Å². The molecule has 0 unspecified atom stereocenters. The third-order valence-electron chi connectivity index (χ3n) is 4.77. The summed E-state index contributed by atoms with van der Waals surface area (Å²) >= 11 is 0. The molecule has 0 saturated heterocycles. The van der Waals surface area contributed by atoms with Crippen molar-refractivity contribution < 1.29 is 17.0 Å². The van der Waals surface area contributed by atoms with E-state index in [0.717, 1.165) is 0 Å². The Morgan fingerprint density at radius 3 is 1.65 bits per heavy atom. The first-order valence-electron chi connectivity index (χ1n) is 9.70. The molecule has 134 valence electrons. The fourth-order valence-electron chi connectivity index (χ4n) is 3.01. The summed E-state index contributed by atoms with van der Waals surface area (Å²) in [7, 11) is 0. The molecule has 0 aliphatic heterocycles. The molecule has 1 aromatic rings. The van der Waals surface area contributed by atoms with Crippen LogP contribution in [-0.2, 0) is 6.54 Å². The number of unbranched alkanes of at least 4 members (excludes halogenated alkanes) is 11. The SMILES string of the molecule is CCCCCCCCCCCCCC[n+]1ccc(C)c(C)c1.[Cl-]. The molecular formula is C21H38ClN. The summed E-state index contributed by atoms with van der Waals surface area (Å²) in [6, 6.07) is 2.23. The van der Waals surface area contributed by atoms with E-state index in [1.807, 2.05) is 0 Å². The van der Waals surface area contributed by atoms with E-state index >= 15 is 0 Å². The van der Waals surface area contributed by atoms with Crippen molar-refractivity contribution in [3.63, 3.8) is 0 Å².